The van der Waals surface area contributed by atoms with Crippen molar-refractivity contribution in [1.82, 2.24) is 0 Å². The smallest absolute Gasteiger partial charge is 0.248 e. The molecule has 1 aromatic carbocycles. The molecule has 2 nitrogen and oxygen atoms in total. The molecule has 0 aromatic heterocycles. The predicted molar refractivity (Wildman–Crippen MR) is 155 cm³/mol. The maximum atomic E-state index is 13.2. The van der Waals surface area contributed by atoms with Crippen molar-refractivity contribution in [2.24, 2.45) is 16.8 Å². The normalized spacial score (nSPS) is 13.6. The number of alkyl halides is 2. The molecule has 0 saturated carbocycles. The van der Waals surface area contributed by atoms with Gasteiger partial charge >= 0.3 is 0 Å². The van der Waals surface area contributed by atoms with Gasteiger partial charge in [-0.15, -0.1) is 12.8 Å². The van der Waals surface area contributed by atoms with Crippen molar-refractivity contribution in [3.63, 3.8) is 0 Å². The second-order valence-electron chi connectivity index (χ2n) is 8.65. The maximum absolute atomic E-state index is 13.2. The molecule has 0 N–H and O–H groups in total. The quantitative estimate of drug-likeness (QED) is 0.129. The average molecular weight is 500 g/mol. The second-order valence-corrected chi connectivity index (χ2v) is 8.65. The Morgan fingerprint density at radius 2 is 1.67 bits per heavy atom. The zero-order chi connectivity index (χ0) is 28.5. The van der Waals surface area contributed by atoms with E-state index in [2.05, 4.69) is 25.8 Å². The van der Waals surface area contributed by atoms with Crippen molar-refractivity contribution in [3.8, 4) is 12.8 Å². The fourth-order valence-corrected chi connectivity index (χ4v) is 3.41. The topological polar surface area (TPSA) is 29.4 Å². The molecule has 0 aliphatic carbocycles. The van der Waals surface area contributed by atoms with E-state index in [1.807, 2.05) is 79.7 Å². The number of aryl methyl sites for hydroxylation is 1. The van der Waals surface area contributed by atoms with Crippen LogP contribution in [0.3, 0.4) is 0 Å². The Bertz CT molecular complexity index is 941. The number of hydrogen-bond acceptors (Lipinski definition) is 2. The van der Waals surface area contributed by atoms with Gasteiger partial charge in [0.15, 0.2) is 5.78 Å². The lowest BCUT2D eigenvalue weighted by Gasteiger charge is -2.16. The number of terminal acetylenes is 1. The number of rotatable bonds is 11. The number of benzene rings is 1. The Balaban J connectivity index is 0. The molecule has 1 rings (SSSR count). The number of aliphatic imine (C=N–C) groups is 1. The molecule has 0 bridgehead atoms. The number of carbonyl (C=O) groups excluding carboxylic acids is 1. The van der Waals surface area contributed by atoms with Crippen LogP contribution in [-0.2, 0) is 6.42 Å². The Labute approximate surface area is 219 Å². The summed E-state index contributed by atoms with van der Waals surface area (Å²) in [5.74, 6) is -2.44. The van der Waals surface area contributed by atoms with Crippen LogP contribution < -0.4 is 0 Å². The molecule has 0 fully saturated rings. The summed E-state index contributed by atoms with van der Waals surface area (Å²) in [5.41, 5.74) is 5.23. The van der Waals surface area contributed by atoms with Crippen molar-refractivity contribution in [2.75, 3.05) is 0 Å². The third-order valence-electron chi connectivity index (χ3n) is 5.55. The Hall–Kier alpha value is -2.80. The van der Waals surface area contributed by atoms with Gasteiger partial charge in [0.25, 0.3) is 0 Å². The van der Waals surface area contributed by atoms with Gasteiger partial charge in [-0.05, 0) is 56.7 Å². The Kier molecular flexibility index (Phi) is 18.1. The van der Waals surface area contributed by atoms with Crippen LogP contribution in [0.15, 0.2) is 53.1 Å². The van der Waals surface area contributed by atoms with Gasteiger partial charge < -0.3 is 0 Å². The first-order chi connectivity index (χ1) is 17.0. The van der Waals surface area contributed by atoms with Crippen molar-refractivity contribution < 1.29 is 13.6 Å². The highest BCUT2D eigenvalue weighted by atomic mass is 19.3. The van der Waals surface area contributed by atoms with E-state index in [4.69, 9.17) is 4.99 Å². The summed E-state index contributed by atoms with van der Waals surface area (Å²) in [6, 6.07) is 5.92. The molecule has 0 aliphatic rings. The predicted octanol–water partition coefficient (Wildman–Crippen LogP) is 9.76. The first-order valence-electron chi connectivity index (χ1n) is 13.0. The summed E-state index contributed by atoms with van der Waals surface area (Å²) >= 11 is 0. The lowest BCUT2D eigenvalue weighted by atomic mass is 9.91. The van der Waals surface area contributed by atoms with E-state index < -0.39 is 5.92 Å². The van der Waals surface area contributed by atoms with Crippen LogP contribution in [0.5, 0.6) is 0 Å². The second kappa shape index (κ2) is 18.5. The van der Waals surface area contributed by atoms with Crippen LogP contribution in [0.2, 0.25) is 0 Å². The number of hydrogen-bond donors (Lipinski definition) is 0. The minimum atomic E-state index is -2.73. The van der Waals surface area contributed by atoms with Crippen LogP contribution in [-0.4, -0.2) is 17.4 Å². The zero-order valence-corrected chi connectivity index (χ0v) is 24.1. The van der Waals surface area contributed by atoms with Crippen molar-refractivity contribution in [3.05, 3.63) is 64.8 Å². The molecule has 0 spiro atoms. The van der Waals surface area contributed by atoms with Gasteiger partial charge in [0, 0.05) is 23.5 Å². The fourth-order valence-electron chi connectivity index (χ4n) is 3.41. The van der Waals surface area contributed by atoms with Gasteiger partial charge in [-0.2, -0.15) is 0 Å². The van der Waals surface area contributed by atoms with Gasteiger partial charge in [-0.25, -0.2) is 8.78 Å². The van der Waals surface area contributed by atoms with Crippen LogP contribution in [0.25, 0.3) is 5.70 Å². The third kappa shape index (κ3) is 11.8. The minimum absolute atomic E-state index is 0.00237. The molecule has 1 aromatic rings. The molecule has 0 aliphatic heterocycles. The molecule has 0 heterocycles. The highest BCUT2D eigenvalue weighted by molar-refractivity contribution is 6.06. The zero-order valence-electron chi connectivity index (χ0n) is 24.1. The molecule has 0 saturated heterocycles. The summed E-state index contributed by atoms with van der Waals surface area (Å²) in [4.78, 5) is 17.7. The monoisotopic (exact) mass is 499 g/mol. The van der Waals surface area contributed by atoms with E-state index in [1.54, 1.807) is 6.08 Å². The molecule has 200 valence electrons. The summed E-state index contributed by atoms with van der Waals surface area (Å²) in [5, 5.41) is 0. The van der Waals surface area contributed by atoms with Crippen LogP contribution in [0.1, 0.15) is 104 Å². The molecule has 36 heavy (non-hydrogen) atoms. The van der Waals surface area contributed by atoms with Gasteiger partial charge in [-0.3, -0.25) is 9.79 Å². The minimum Gasteiger partial charge on any atom is -0.294 e. The number of carbonyl (C=O) groups is 1. The molecule has 0 radical (unpaired) electrons. The Morgan fingerprint density at radius 1 is 1.08 bits per heavy atom. The highest BCUT2D eigenvalue weighted by Crippen LogP contribution is 2.26. The Morgan fingerprint density at radius 3 is 2.08 bits per heavy atom. The van der Waals surface area contributed by atoms with Crippen LogP contribution in [0, 0.1) is 24.7 Å². The number of Topliss-reactive ketones (excluding diaryl/α,β-unsaturated/α-hetero) is 1. The molecule has 4 heteroatoms. The SMILES string of the molecule is C#C.CC.C\C=C(/N=C(C(/C=C\CC(C)(F)F)=C/C)\C(C)C)c1ccc(C(=O)C(C)CC)c(CC)c1. The maximum Gasteiger partial charge on any atom is 0.248 e. The van der Waals surface area contributed by atoms with E-state index in [9.17, 15) is 13.6 Å². The number of allylic oxidation sites excluding steroid dienone is 5. The first-order valence-corrected chi connectivity index (χ1v) is 13.0. The van der Waals surface area contributed by atoms with Crippen molar-refractivity contribution in [2.45, 2.75) is 94.4 Å². The van der Waals surface area contributed by atoms with Crippen molar-refractivity contribution >= 4 is 17.2 Å². The van der Waals surface area contributed by atoms with Crippen LogP contribution >= 0.6 is 0 Å². The number of halogens is 2. The summed E-state index contributed by atoms with van der Waals surface area (Å²) < 4.78 is 26.4. The largest absolute Gasteiger partial charge is 0.294 e. The first kappa shape index (κ1) is 35.4. The third-order valence-corrected chi connectivity index (χ3v) is 5.55. The van der Waals surface area contributed by atoms with E-state index in [1.165, 1.54) is 6.08 Å². The van der Waals surface area contributed by atoms with Gasteiger partial charge in [0.05, 0.1) is 11.4 Å². The highest BCUT2D eigenvalue weighted by Gasteiger charge is 2.19. The van der Waals surface area contributed by atoms with Crippen LogP contribution in [0.4, 0.5) is 8.78 Å². The fraction of sp³-hybridized carbons (Fsp3) is 0.500. The summed E-state index contributed by atoms with van der Waals surface area (Å²) in [6.45, 7) is 18.9. The molecule has 0 amide bonds. The lowest BCUT2D eigenvalue weighted by molar-refractivity contribution is 0.0255. The van der Waals surface area contributed by atoms with Gasteiger partial charge in [0.2, 0.25) is 5.92 Å². The number of nitrogens with zero attached hydrogens (tertiary/aromatic N) is 1. The summed E-state index contributed by atoms with van der Waals surface area (Å²) in [7, 11) is 0. The molecule has 1 unspecified atom stereocenters. The van der Waals surface area contributed by atoms with Gasteiger partial charge in [0.1, 0.15) is 0 Å². The van der Waals surface area contributed by atoms with E-state index >= 15 is 0 Å². The number of ketones is 1. The lowest BCUT2D eigenvalue weighted by Crippen LogP contribution is -2.13. The van der Waals surface area contributed by atoms with Gasteiger partial charge in [-0.1, -0.05) is 84.9 Å². The molecular formula is C32H47F2NO. The van der Waals surface area contributed by atoms with Crippen molar-refractivity contribution in [1.29, 1.82) is 0 Å². The molecular weight excluding hydrogens is 452 g/mol. The average Bonchev–Trinajstić information content (AvgIpc) is 2.88. The van der Waals surface area contributed by atoms with E-state index in [0.717, 1.165) is 53.4 Å². The summed E-state index contributed by atoms with van der Waals surface area (Å²) in [6.07, 6.45) is 16.4. The van der Waals surface area contributed by atoms with E-state index in [-0.39, 0.29) is 24.0 Å². The van der Waals surface area contributed by atoms with E-state index in [0.29, 0.717) is 0 Å². The molecule has 1 atom stereocenters. The standard InChI is InChI=1S/C28H39F2NO.C2H6.C2H2/c1-9-20(7)27(32)24-16-15-23(18-22(24)11-3)25(12-4)31-26(19(5)6)21(10-2)14-13-17-28(8,29)30;2*1-2/h10,12-16,18-20H,9,11,17H2,1-8H3;1-2H3;1-2H/b14-13-,21-10+,25-12-,31-26+;;.